The van der Waals surface area contributed by atoms with Crippen LogP contribution in [-0.2, 0) is 0 Å². The van der Waals surface area contributed by atoms with Crippen molar-refractivity contribution in [1.29, 1.82) is 0 Å². The van der Waals surface area contributed by atoms with E-state index in [1.165, 1.54) is 5.56 Å². The number of hydrogen-bond acceptors (Lipinski definition) is 3. The highest BCUT2D eigenvalue weighted by atomic mass is 32.1. The first-order valence-electron chi connectivity index (χ1n) is 11.5. The fraction of sp³-hybridized carbons (Fsp3) is 0.214. The van der Waals surface area contributed by atoms with Gasteiger partial charge < -0.3 is 19.5 Å². The first-order valence-corrected chi connectivity index (χ1v) is 11.9. The molecule has 3 heterocycles. The first-order chi connectivity index (χ1) is 16.5. The van der Waals surface area contributed by atoms with E-state index in [2.05, 4.69) is 87.5 Å². The van der Waals surface area contributed by atoms with Crippen LogP contribution in [-0.4, -0.2) is 20.8 Å². The summed E-state index contributed by atoms with van der Waals surface area (Å²) in [5.41, 5.74) is 5.44. The summed E-state index contributed by atoms with van der Waals surface area (Å²) in [4.78, 5) is 6.85. The van der Waals surface area contributed by atoms with Crippen LogP contribution >= 0.6 is 12.2 Å². The molecule has 2 unspecified atom stereocenters. The third kappa shape index (κ3) is 4.29. The summed E-state index contributed by atoms with van der Waals surface area (Å²) in [6.07, 6.45) is 4.06. The molecule has 0 amide bonds. The van der Waals surface area contributed by atoms with Crippen molar-refractivity contribution < 1.29 is 4.74 Å². The van der Waals surface area contributed by atoms with Crippen molar-refractivity contribution in [3.63, 3.8) is 0 Å². The molecule has 0 radical (unpaired) electrons. The van der Waals surface area contributed by atoms with Crippen LogP contribution in [0.4, 0.5) is 5.69 Å². The third-order valence-corrected chi connectivity index (χ3v) is 6.29. The molecule has 1 saturated heterocycles. The normalized spacial score (nSPS) is 17.8. The molecular formula is C28H28N4OS. The minimum absolute atomic E-state index is 0.0874. The zero-order chi connectivity index (χ0) is 23.7. The second-order valence-electron chi connectivity index (χ2n) is 8.80. The van der Waals surface area contributed by atoms with Crippen LogP contribution in [0.25, 0.3) is 5.69 Å². The number of pyridine rings is 1. The Hall–Kier alpha value is -3.64. The lowest BCUT2D eigenvalue weighted by Gasteiger charge is -2.29. The van der Waals surface area contributed by atoms with Crippen LogP contribution in [0.2, 0.25) is 0 Å². The highest BCUT2D eigenvalue weighted by molar-refractivity contribution is 7.80. The van der Waals surface area contributed by atoms with E-state index in [-0.39, 0.29) is 18.2 Å². The van der Waals surface area contributed by atoms with E-state index < -0.39 is 0 Å². The number of hydrogen-bond donors (Lipinski definition) is 1. The van der Waals surface area contributed by atoms with Gasteiger partial charge in [0.1, 0.15) is 11.8 Å². The summed E-state index contributed by atoms with van der Waals surface area (Å²) in [6, 6.07) is 26.8. The largest absolute Gasteiger partial charge is 0.491 e. The van der Waals surface area contributed by atoms with Gasteiger partial charge in [0.2, 0.25) is 0 Å². The number of aryl methyl sites for hydroxylation is 1. The van der Waals surface area contributed by atoms with Gasteiger partial charge in [-0.25, -0.2) is 0 Å². The molecule has 172 valence electrons. The molecule has 34 heavy (non-hydrogen) atoms. The van der Waals surface area contributed by atoms with Gasteiger partial charge in [0.15, 0.2) is 5.11 Å². The molecule has 1 aliphatic heterocycles. The van der Waals surface area contributed by atoms with E-state index in [0.717, 1.165) is 28.5 Å². The summed E-state index contributed by atoms with van der Waals surface area (Å²) in [6.45, 7) is 6.16. The Kier molecular flexibility index (Phi) is 6.07. The molecule has 1 N–H and O–H groups in total. The molecule has 2 aromatic carbocycles. The van der Waals surface area contributed by atoms with Crippen molar-refractivity contribution in [2.45, 2.75) is 39.0 Å². The van der Waals surface area contributed by atoms with Crippen molar-refractivity contribution in [3.05, 3.63) is 108 Å². The van der Waals surface area contributed by atoms with E-state index in [1.54, 1.807) is 0 Å². The van der Waals surface area contributed by atoms with Crippen LogP contribution in [0.3, 0.4) is 0 Å². The Morgan fingerprint density at radius 2 is 1.65 bits per heavy atom. The number of aromatic nitrogens is 2. The molecule has 2 atom stereocenters. The number of nitrogens with zero attached hydrogens (tertiary/aromatic N) is 3. The van der Waals surface area contributed by atoms with Crippen molar-refractivity contribution in [1.82, 2.24) is 14.9 Å². The second-order valence-corrected chi connectivity index (χ2v) is 9.18. The van der Waals surface area contributed by atoms with Gasteiger partial charge in [-0.15, -0.1) is 0 Å². The quantitative estimate of drug-likeness (QED) is 0.344. The number of thiocarbonyl (C=S) groups is 1. The average Bonchev–Trinajstić information content (AvgIpc) is 3.45. The molecule has 0 bridgehead atoms. The maximum atomic E-state index is 5.88. The Balaban J connectivity index is 1.60. The van der Waals surface area contributed by atoms with E-state index in [1.807, 2.05) is 44.3 Å². The average molecular weight is 469 g/mol. The van der Waals surface area contributed by atoms with E-state index in [9.17, 15) is 0 Å². The molecule has 0 aliphatic carbocycles. The molecule has 4 aromatic rings. The van der Waals surface area contributed by atoms with Gasteiger partial charge in [-0.1, -0.05) is 23.8 Å². The standard InChI is InChI=1S/C28H28N4OS/c1-19(2)33-23-15-13-22(14-16-23)32-27(26(30-28(32)34)24-7-4-5-17-29-24)25-8-6-18-31(25)21-11-9-20(3)10-12-21/h4-19,26-27H,1-3H3,(H,30,34). The van der Waals surface area contributed by atoms with Crippen molar-refractivity contribution in [2.24, 2.45) is 0 Å². The Morgan fingerprint density at radius 3 is 2.32 bits per heavy atom. The zero-order valence-corrected chi connectivity index (χ0v) is 20.4. The van der Waals surface area contributed by atoms with E-state index in [0.29, 0.717) is 5.11 Å². The molecule has 2 aromatic heterocycles. The Bertz CT molecular complexity index is 1270. The fourth-order valence-corrected chi connectivity index (χ4v) is 4.81. The van der Waals surface area contributed by atoms with Crippen LogP contribution < -0.4 is 15.0 Å². The predicted molar refractivity (Wildman–Crippen MR) is 141 cm³/mol. The van der Waals surface area contributed by atoms with Crippen LogP contribution in [0.1, 0.15) is 42.9 Å². The number of benzene rings is 2. The SMILES string of the molecule is Cc1ccc(-n2cccc2C2C(c3ccccn3)NC(=S)N2c2ccc(OC(C)C)cc2)cc1. The molecule has 0 saturated carbocycles. The minimum Gasteiger partial charge on any atom is -0.491 e. The maximum absolute atomic E-state index is 5.88. The summed E-state index contributed by atoms with van der Waals surface area (Å²) in [5.74, 6) is 0.845. The molecule has 5 nitrogen and oxygen atoms in total. The highest BCUT2D eigenvalue weighted by Crippen LogP contribution is 2.42. The fourth-order valence-electron chi connectivity index (χ4n) is 4.47. The first kappa shape index (κ1) is 22.2. The molecule has 1 fully saturated rings. The monoisotopic (exact) mass is 468 g/mol. The molecular weight excluding hydrogens is 440 g/mol. The highest BCUT2D eigenvalue weighted by Gasteiger charge is 2.42. The van der Waals surface area contributed by atoms with Crippen molar-refractivity contribution in [3.8, 4) is 11.4 Å². The Labute approximate surface area is 206 Å². The topological polar surface area (TPSA) is 42.3 Å². The van der Waals surface area contributed by atoms with Gasteiger partial charge >= 0.3 is 0 Å². The lowest BCUT2D eigenvalue weighted by molar-refractivity contribution is 0.242. The van der Waals surface area contributed by atoms with E-state index >= 15 is 0 Å². The number of ether oxygens (including phenoxy) is 1. The zero-order valence-electron chi connectivity index (χ0n) is 19.6. The lowest BCUT2D eigenvalue weighted by atomic mass is 10.0. The van der Waals surface area contributed by atoms with Gasteiger partial charge in [0.05, 0.1) is 17.8 Å². The van der Waals surface area contributed by atoms with Gasteiger partial charge in [-0.05, 0) is 93.7 Å². The molecule has 5 rings (SSSR count). The predicted octanol–water partition coefficient (Wildman–Crippen LogP) is 6.15. The Morgan fingerprint density at radius 1 is 0.912 bits per heavy atom. The lowest BCUT2D eigenvalue weighted by Crippen LogP contribution is -2.30. The second kappa shape index (κ2) is 9.31. The minimum atomic E-state index is -0.0978. The smallest absolute Gasteiger partial charge is 0.174 e. The number of nitrogens with one attached hydrogen (secondary N) is 1. The van der Waals surface area contributed by atoms with Crippen molar-refractivity contribution in [2.75, 3.05) is 4.90 Å². The van der Waals surface area contributed by atoms with Crippen LogP contribution in [0.5, 0.6) is 5.75 Å². The van der Waals surface area contributed by atoms with Gasteiger partial charge in [0, 0.05) is 29.5 Å². The van der Waals surface area contributed by atoms with Crippen molar-refractivity contribution >= 4 is 23.0 Å². The molecule has 1 aliphatic rings. The summed E-state index contributed by atoms with van der Waals surface area (Å²) >= 11 is 5.88. The summed E-state index contributed by atoms with van der Waals surface area (Å²) in [5, 5.41) is 4.22. The summed E-state index contributed by atoms with van der Waals surface area (Å²) in [7, 11) is 0. The van der Waals surface area contributed by atoms with Crippen LogP contribution in [0, 0.1) is 6.92 Å². The maximum Gasteiger partial charge on any atom is 0.174 e. The molecule has 6 heteroatoms. The van der Waals surface area contributed by atoms with Gasteiger partial charge in [-0.2, -0.15) is 0 Å². The third-order valence-electron chi connectivity index (χ3n) is 5.98. The number of rotatable bonds is 6. The molecule has 0 spiro atoms. The van der Waals surface area contributed by atoms with Crippen LogP contribution in [0.15, 0.2) is 91.3 Å². The van der Waals surface area contributed by atoms with E-state index in [4.69, 9.17) is 17.0 Å². The number of anilines is 1. The summed E-state index contributed by atoms with van der Waals surface area (Å²) < 4.78 is 8.09. The van der Waals surface area contributed by atoms with Gasteiger partial charge in [0.25, 0.3) is 0 Å². The van der Waals surface area contributed by atoms with Gasteiger partial charge in [-0.3, -0.25) is 4.98 Å².